The van der Waals surface area contributed by atoms with Crippen LogP contribution in [0.15, 0.2) is 42.4 Å². The summed E-state index contributed by atoms with van der Waals surface area (Å²) < 4.78 is 7.23. The summed E-state index contributed by atoms with van der Waals surface area (Å²) in [7, 11) is 1.74. The van der Waals surface area contributed by atoms with Gasteiger partial charge in [0.2, 0.25) is 5.91 Å². The zero-order chi connectivity index (χ0) is 28.2. The summed E-state index contributed by atoms with van der Waals surface area (Å²) in [6.07, 6.45) is 13.1. The van der Waals surface area contributed by atoms with Crippen LogP contribution in [-0.2, 0) is 9.53 Å². The molecule has 3 fully saturated rings. The number of rotatable bonds is 9. The molecule has 1 aliphatic heterocycles. The van der Waals surface area contributed by atoms with Gasteiger partial charge < -0.3 is 20.4 Å². The van der Waals surface area contributed by atoms with E-state index < -0.39 is 0 Å². The van der Waals surface area contributed by atoms with Gasteiger partial charge in [0.05, 0.1) is 24.2 Å². The molecule has 5 rings (SSSR count). The van der Waals surface area contributed by atoms with Crippen LogP contribution in [0, 0.1) is 11.8 Å². The van der Waals surface area contributed by atoms with Crippen LogP contribution in [0.25, 0.3) is 5.69 Å². The summed E-state index contributed by atoms with van der Waals surface area (Å²) in [5, 5.41) is 6.11. The lowest BCUT2D eigenvalue weighted by molar-refractivity contribution is -0.133. The number of carbonyl (C=O) groups is 2. The van der Waals surface area contributed by atoms with Gasteiger partial charge in [-0.05, 0) is 62.6 Å². The van der Waals surface area contributed by atoms with Gasteiger partial charge in [0.25, 0.3) is 0 Å². The fourth-order valence-electron chi connectivity index (χ4n) is 6.64. The number of nitrogens with zero attached hydrogens (tertiary/aromatic N) is 4. The van der Waals surface area contributed by atoms with Gasteiger partial charge >= 0.3 is 5.97 Å². The Hall–Kier alpha value is -3.33. The number of aromatic nitrogens is 2. The van der Waals surface area contributed by atoms with E-state index in [1.165, 1.54) is 42.7 Å². The molecule has 3 unspecified atom stereocenters. The first kappa shape index (κ1) is 28.2. The maximum atomic E-state index is 13.2. The van der Waals surface area contributed by atoms with Gasteiger partial charge in [0.1, 0.15) is 5.56 Å². The van der Waals surface area contributed by atoms with Crippen molar-refractivity contribution >= 4 is 11.9 Å². The quantitative estimate of drug-likeness (QED) is 0.270. The van der Waals surface area contributed by atoms with E-state index in [4.69, 9.17) is 16.3 Å². The average Bonchev–Trinajstić information content (AvgIpc) is 3.63. The molecule has 0 bridgehead atoms. The van der Waals surface area contributed by atoms with E-state index in [-0.39, 0.29) is 23.7 Å². The van der Waals surface area contributed by atoms with Crippen LogP contribution in [0.1, 0.15) is 98.2 Å². The Labute approximate surface area is 237 Å². The summed E-state index contributed by atoms with van der Waals surface area (Å²) in [6, 6.07) is 8.38. The molecular weight excluding hydrogens is 504 g/mol. The second kappa shape index (κ2) is 12.5. The van der Waals surface area contributed by atoms with Crippen molar-refractivity contribution in [3.8, 4) is 5.69 Å². The molecule has 1 aromatic heterocycles. The molecule has 1 aromatic carbocycles. The number of nitrogens with two attached hydrogens (primary N) is 2. The van der Waals surface area contributed by atoms with E-state index in [1.807, 2.05) is 16.8 Å². The number of piperidine rings is 1. The Morgan fingerprint density at radius 1 is 1.18 bits per heavy atom. The molecule has 2 heterocycles. The molecule has 40 heavy (non-hydrogen) atoms. The summed E-state index contributed by atoms with van der Waals surface area (Å²) in [5.41, 5.74) is 10.4. The number of hydrogen-bond donors (Lipinski definition) is 2. The van der Waals surface area contributed by atoms with Crippen molar-refractivity contribution in [2.24, 2.45) is 23.4 Å². The van der Waals surface area contributed by atoms with E-state index in [0.717, 1.165) is 43.7 Å². The van der Waals surface area contributed by atoms with Gasteiger partial charge in [-0.3, -0.25) is 4.79 Å². The first-order valence-corrected chi connectivity index (χ1v) is 14.9. The largest absolute Gasteiger partial charge is 0.462 e. The third kappa shape index (κ3) is 6.35. The van der Waals surface area contributed by atoms with Gasteiger partial charge in [0, 0.05) is 56.2 Å². The van der Waals surface area contributed by atoms with Crippen molar-refractivity contribution in [1.82, 2.24) is 19.7 Å². The van der Waals surface area contributed by atoms with E-state index in [1.54, 1.807) is 26.4 Å². The Balaban J connectivity index is 1.37. The SMILES string of the molecule is CCOC(=O)c1cnn(-c2cccc(C3CCCN(C(=O)CC4CCCCC4)C3)c2)c1C1CC1/C(N)=C/N(C)N. The third-order valence-corrected chi connectivity index (χ3v) is 8.77. The zero-order valence-electron chi connectivity index (χ0n) is 23.9. The molecule has 9 nitrogen and oxygen atoms in total. The lowest BCUT2D eigenvalue weighted by Crippen LogP contribution is -2.40. The highest BCUT2D eigenvalue weighted by molar-refractivity contribution is 5.91. The van der Waals surface area contributed by atoms with Crippen LogP contribution < -0.4 is 11.6 Å². The number of likely N-dealkylation sites (tertiary alicyclic amines) is 1. The van der Waals surface area contributed by atoms with Gasteiger partial charge in [-0.1, -0.05) is 31.4 Å². The highest BCUT2D eigenvalue weighted by atomic mass is 16.5. The first-order valence-electron chi connectivity index (χ1n) is 14.9. The normalized spacial score (nSPS) is 23.6. The Bertz CT molecular complexity index is 1230. The van der Waals surface area contributed by atoms with Crippen molar-refractivity contribution in [3.63, 3.8) is 0 Å². The third-order valence-electron chi connectivity index (χ3n) is 8.77. The van der Waals surface area contributed by atoms with Crippen molar-refractivity contribution in [1.29, 1.82) is 0 Å². The molecule has 4 N–H and O–H groups in total. The van der Waals surface area contributed by atoms with Gasteiger partial charge in [-0.2, -0.15) is 5.10 Å². The van der Waals surface area contributed by atoms with E-state index in [2.05, 4.69) is 22.1 Å². The molecule has 2 saturated carbocycles. The highest BCUT2D eigenvalue weighted by Crippen LogP contribution is 2.52. The van der Waals surface area contributed by atoms with Crippen LogP contribution in [0.3, 0.4) is 0 Å². The molecule has 3 atom stereocenters. The van der Waals surface area contributed by atoms with E-state index in [9.17, 15) is 9.59 Å². The van der Waals surface area contributed by atoms with Gasteiger partial charge in [-0.15, -0.1) is 0 Å². The van der Waals surface area contributed by atoms with Crippen LogP contribution >= 0.6 is 0 Å². The predicted octanol–water partition coefficient (Wildman–Crippen LogP) is 4.43. The maximum absolute atomic E-state index is 13.2. The predicted molar refractivity (Wildman–Crippen MR) is 154 cm³/mol. The van der Waals surface area contributed by atoms with Crippen molar-refractivity contribution in [3.05, 3.63) is 59.2 Å². The number of carbonyl (C=O) groups excluding carboxylic acids is 2. The summed E-state index contributed by atoms with van der Waals surface area (Å²) in [4.78, 5) is 28.1. The molecule has 1 amide bonds. The van der Waals surface area contributed by atoms with Crippen LogP contribution in [-0.4, -0.2) is 58.3 Å². The Morgan fingerprint density at radius 3 is 2.73 bits per heavy atom. The topological polar surface area (TPSA) is 120 Å². The van der Waals surface area contributed by atoms with Crippen molar-refractivity contribution in [2.75, 3.05) is 26.7 Å². The number of hydrazine groups is 1. The van der Waals surface area contributed by atoms with Gasteiger partial charge in [-0.25, -0.2) is 15.3 Å². The van der Waals surface area contributed by atoms with Crippen LogP contribution in [0.4, 0.5) is 0 Å². The summed E-state index contributed by atoms with van der Waals surface area (Å²) in [6.45, 7) is 3.71. The summed E-state index contributed by atoms with van der Waals surface area (Å²) >= 11 is 0. The number of ether oxygens (including phenoxy) is 1. The number of hydrogen-bond acceptors (Lipinski definition) is 7. The smallest absolute Gasteiger partial charge is 0.341 e. The standard InChI is InChI=1S/C31H44N6O3/c1-3-40-31(39)27-18-34-37(30(27)26-17-25(26)28(32)20-35(2)33)24-13-7-11-22(16-24)23-12-8-14-36(19-23)29(38)15-21-9-5-4-6-10-21/h7,11,13,16,18,20-21,23,25-26H,3-6,8-10,12,14-15,17,19,32-33H2,1-2H3/b28-20-. The maximum Gasteiger partial charge on any atom is 0.341 e. The first-order chi connectivity index (χ1) is 19.4. The molecule has 9 heteroatoms. The second-order valence-corrected chi connectivity index (χ2v) is 11.8. The molecular formula is C31H44N6O3. The average molecular weight is 549 g/mol. The number of esters is 1. The number of amides is 1. The van der Waals surface area contributed by atoms with Crippen LogP contribution in [0.2, 0.25) is 0 Å². The molecule has 0 spiro atoms. The zero-order valence-corrected chi connectivity index (χ0v) is 23.9. The number of allylic oxidation sites excluding steroid dienone is 1. The second-order valence-electron chi connectivity index (χ2n) is 11.8. The molecule has 0 radical (unpaired) electrons. The fourth-order valence-corrected chi connectivity index (χ4v) is 6.64. The molecule has 1 saturated heterocycles. The number of benzene rings is 1. The Morgan fingerprint density at radius 2 is 1.98 bits per heavy atom. The van der Waals surface area contributed by atoms with E-state index in [0.29, 0.717) is 36.1 Å². The van der Waals surface area contributed by atoms with E-state index >= 15 is 0 Å². The minimum absolute atomic E-state index is 0.0457. The minimum Gasteiger partial charge on any atom is -0.462 e. The lowest BCUT2D eigenvalue weighted by Gasteiger charge is -2.34. The molecule has 3 aliphatic rings. The monoisotopic (exact) mass is 548 g/mol. The lowest BCUT2D eigenvalue weighted by atomic mass is 9.86. The van der Waals surface area contributed by atoms with Crippen LogP contribution in [0.5, 0.6) is 0 Å². The van der Waals surface area contributed by atoms with Crippen molar-refractivity contribution < 1.29 is 14.3 Å². The minimum atomic E-state index is -0.372. The highest BCUT2D eigenvalue weighted by Gasteiger charge is 2.45. The molecule has 2 aliphatic carbocycles. The van der Waals surface area contributed by atoms with Gasteiger partial charge in [0.15, 0.2) is 0 Å². The van der Waals surface area contributed by atoms with Crippen molar-refractivity contribution in [2.45, 2.75) is 76.5 Å². The summed E-state index contributed by atoms with van der Waals surface area (Å²) in [5.74, 6) is 6.69. The Kier molecular flexibility index (Phi) is 8.78. The fraction of sp³-hybridized carbons (Fsp3) is 0.581. The molecule has 216 valence electrons. The molecule has 2 aromatic rings.